The van der Waals surface area contributed by atoms with Crippen LogP contribution in [0, 0.1) is 11.3 Å². The van der Waals surface area contributed by atoms with Gasteiger partial charge in [0, 0.05) is 12.6 Å². The molecule has 7 heteroatoms. The first-order valence-corrected chi connectivity index (χ1v) is 9.24. The van der Waals surface area contributed by atoms with Gasteiger partial charge in [-0.25, -0.2) is 9.97 Å². The molecule has 1 aromatic heterocycles. The van der Waals surface area contributed by atoms with E-state index in [1.165, 1.54) is 6.33 Å². The van der Waals surface area contributed by atoms with Crippen LogP contribution in [0.3, 0.4) is 0 Å². The average molecular weight is 399 g/mol. The van der Waals surface area contributed by atoms with Crippen molar-refractivity contribution in [2.75, 3.05) is 12.4 Å². The van der Waals surface area contributed by atoms with Crippen molar-refractivity contribution in [1.29, 1.82) is 5.26 Å². The molecule has 0 unspecified atom stereocenters. The van der Waals surface area contributed by atoms with Gasteiger partial charge in [-0.3, -0.25) is 4.79 Å². The normalized spacial score (nSPS) is 10.0. The number of carbonyl (C=O) groups excluding carboxylic acids is 1. The molecule has 0 saturated carbocycles. The highest BCUT2D eigenvalue weighted by atomic mass is 16.5. The van der Waals surface area contributed by atoms with Gasteiger partial charge in [0.25, 0.3) is 0 Å². The first-order valence-electron chi connectivity index (χ1n) is 9.24. The molecule has 150 valence electrons. The molecule has 0 aliphatic heterocycles. The first kappa shape index (κ1) is 20.6. The number of carbonyl (C=O) groups is 1. The molecule has 3 aromatic rings. The molecule has 30 heavy (non-hydrogen) atoms. The summed E-state index contributed by atoms with van der Waals surface area (Å²) in [7, 11) is 1.60. The second-order valence-corrected chi connectivity index (χ2v) is 6.50. The topological polar surface area (TPSA) is 99.9 Å². The van der Waals surface area contributed by atoms with E-state index in [1.54, 1.807) is 25.3 Å². The standard InChI is InChI=1S/C23H21N5O2/c1-16(25-14-19-5-3-18(13-24)4-6-19)21-12-22(27-15-26-21)28-23(29)11-17-7-9-20(30-2)10-8-17/h3-10,12,15,25H,1,11,14H2,2H3,(H,26,27,28,29). The molecule has 7 nitrogen and oxygen atoms in total. The third-order valence-corrected chi connectivity index (χ3v) is 4.36. The van der Waals surface area contributed by atoms with Crippen molar-refractivity contribution >= 4 is 17.4 Å². The summed E-state index contributed by atoms with van der Waals surface area (Å²) in [6, 6.07) is 18.4. The van der Waals surface area contributed by atoms with E-state index in [0.717, 1.165) is 16.9 Å². The smallest absolute Gasteiger partial charge is 0.229 e. The molecule has 0 bridgehead atoms. The van der Waals surface area contributed by atoms with Crippen molar-refractivity contribution in [2.45, 2.75) is 13.0 Å². The van der Waals surface area contributed by atoms with Gasteiger partial charge in [0.2, 0.25) is 5.91 Å². The van der Waals surface area contributed by atoms with E-state index in [0.29, 0.717) is 29.3 Å². The molecule has 0 spiro atoms. The summed E-state index contributed by atoms with van der Waals surface area (Å²) in [5.41, 5.74) is 3.68. The van der Waals surface area contributed by atoms with E-state index >= 15 is 0 Å². The summed E-state index contributed by atoms with van der Waals surface area (Å²) in [6.07, 6.45) is 1.61. The molecular formula is C23H21N5O2. The minimum absolute atomic E-state index is 0.180. The van der Waals surface area contributed by atoms with Gasteiger partial charge in [-0.15, -0.1) is 0 Å². The minimum atomic E-state index is -0.180. The number of aromatic nitrogens is 2. The second kappa shape index (κ2) is 9.85. The molecule has 2 N–H and O–H groups in total. The lowest BCUT2D eigenvalue weighted by Gasteiger charge is -2.11. The van der Waals surface area contributed by atoms with Crippen molar-refractivity contribution in [2.24, 2.45) is 0 Å². The first-order chi connectivity index (χ1) is 14.6. The lowest BCUT2D eigenvalue weighted by atomic mass is 10.1. The Morgan fingerprint density at radius 1 is 1.10 bits per heavy atom. The SMILES string of the molecule is C=C(NCc1ccc(C#N)cc1)c1cc(NC(=O)Cc2ccc(OC)cc2)ncn1. The van der Waals surface area contributed by atoms with E-state index in [1.807, 2.05) is 36.4 Å². The van der Waals surface area contributed by atoms with Crippen molar-refractivity contribution in [3.8, 4) is 11.8 Å². The number of nitrogens with zero attached hydrogens (tertiary/aromatic N) is 3. The quantitative estimate of drug-likeness (QED) is 0.603. The number of ether oxygens (including phenoxy) is 1. The molecule has 0 aliphatic carbocycles. The molecule has 1 amide bonds. The molecule has 1 heterocycles. The summed E-state index contributed by atoms with van der Waals surface area (Å²) < 4.78 is 5.12. The molecule has 0 saturated heterocycles. The predicted octanol–water partition coefficient (Wildman–Crippen LogP) is 3.30. The van der Waals surface area contributed by atoms with Crippen LogP contribution < -0.4 is 15.4 Å². The second-order valence-electron chi connectivity index (χ2n) is 6.50. The maximum absolute atomic E-state index is 12.3. The Morgan fingerprint density at radius 2 is 1.80 bits per heavy atom. The van der Waals surface area contributed by atoms with Crippen LogP contribution in [-0.2, 0) is 17.8 Å². The van der Waals surface area contributed by atoms with Gasteiger partial charge in [0.15, 0.2) is 0 Å². The maximum Gasteiger partial charge on any atom is 0.229 e. The number of anilines is 1. The monoisotopic (exact) mass is 399 g/mol. The number of hydrogen-bond acceptors (Lipinski definition) is 6. The summed E-state index contributed by atoms with van der Waals surface area (Å²) in [5, 5.41) is 14.8. The van der Waals surface area contributed by atoms with Crippen LogP contribution in [0.15, 0.2) is 67.5 Å². The highest BCUT2D eigenvalue weighted by Gasteiger charge is 2.08. The summed E-state index contributed by atoms with van der Waals surface area (Å²) in [6.45, 7) is 4.54. The largest absolute Gasteiger partial charge is 0.497 e. The van der Waals surface area contributed by atoms with Crippen LogP contribution in [0.5, 0.6) is 5.75 Å². The number of methoxy groups -OCH3 is 1. The van der Waals surface area contributed by atoms with Gasteiger partial charge < -0.3 is 15.4 Å². The third-order valence-electron chi connectivity index (χ3n) is 4.36. The van der Waals surface area contributed by atoms with E-state index in [2.05, 4.69) is 33.2 Å². The lowest BCUT2D eigenvalue weighted by Crippen LogP contribution is -2.16. The number of rotatable bonds is 8. The van der Waals surface area contributed by atoms with Gasteiger partial charge in [-0.1, -0.05) is 30.8 Å². The number of hydrogen-bond donors (Lipinski definition) is 2. The van der Waals surface area contributed by atoms with Crippen molar-refractivity contribution in [3.05, 3.63) is 89.9 Å². The van der Waals surface area contributed by atoms with E-state index in [-0.39, 0.29) is 12.3 Å². The molecule has 0 aliphatic rings. The van der Waals surface area contributed by atoms with Gasteiger partial charge in [0.1, 0.15) is 17.9 Å². The van der Waals surface area contributed by atoms with Crippen molar-refractivity contribution in [1.82, 2.24) is 15.3 Å². The zero-order chi connectivity index (χ0) is 21.3. The van der Waals surface area contributed by atoms with Gasteiger partial charge in [-0.2, -0.15) is 5.26 Å². The van der Waals surface area contributed by atoms with Crippen molar-refractivity contribution < 1.29 is 9.53 Å². The molecule has 0 radical (unpaired) electrons. The van der Waals surface area contributed by atoms with Crippen LogP contribution >= 0.6 is 0 Å². The molecule has 0 fully saturated rings. The fraction of sp³-hybridized carbons (Fsp3) is 0.130. The van der Waals surface area contributed by atoms with Gasteiger partial charge >= 0.3 is 0 Å². The molecule has 0 atom stereocenters. The Morgan fingerprint density at radius 3 is 2.47 bits per heavy atom. The number of amides is 1. The number of nitrogens with one attached hydrogen (secondary N) is 2. The van der Waals surface area contributed by atoms with Crippen LogP contribution in [0.1, 0.15) is 22.4 Å². The fourth-order valence-electron chi connectivity index (χ4n) is 2.70. The Balaban J connectivity index is 1.56. The van der Waals surface area contributed by atoms with Crippen LogP contribution in [0.2, 0.25) is 0 Å². The molecule has 3 rings (SSSR count). The Hall–Kier alpha value is -4.18. The summed E-state index contributed by atoms with van der Waals surface area (Å²) in [5.74, 6) is 0.965. The lowest BCUT2D eigenvalue weighted by molar-refractivity contribution is -0.115. The van der Waals surface area contributed by atoms with Crippen LogP contribution in [-0.4, -0.2) is 23.0 Å². The Kier molecular flexibility index (Phi) is 6.74. The Labute approximate surface area is 175 Å². The summed E-state index contributed by atoms with van der Waals surface area (Å²) >= 11 is 0. The van der Waals surface area contributed by atoms with Crippen LogP contribution in [0.4, 0.5) is 5.82 Å². The predicted molar refractivity (Wildman–Crippen MR) is 114 cm³/mol. The zero-order valence-electron chi connectivity index (χ0n) is 16.6. The highest BCUT2D eigenvalue weighted by Crippen LogP contribution is 2.14. The fourth-order valence-corrected chi connectivity index (χ4v) is 2.70. The number of nitriles is 1. The maximum atomic E-state index is 12.3. The highest BCUT2D eigenvalue weighted by molar-refractivity contribution is 5.91. The summed E-state index contributed by atoms with van der Waals surface area (Å²) in [4.78, 5) is 20.6. The van der Waals surface area contributed by atoms with Gasteiger partial charge in [-0.05, 0) is 35.4 Å². The van der Waals surface area contributed by atoms with Gasteiger partial charge in [0.05, 0.1) is 36.6 Å². The average Bonchev–Trinajstić information content (AvgIpc) is 2.78. The van der Waals surface area contributed by atoms with E-state index < -0.39 is 0 Å². The zero-order valence-corrected chi connectivity index (χ0v) is 16.6. The Bertz CT molecular complexity index is 1070. The molecule has 2 aromatic carbocycles. The van der Waals surface area contributed by atoms with Crippen molar-refractivity contribution in [3.63, 3.8) is 0 Å². The minimum Gasteiger partial charge on any atom is -0.497 e. The molecular weight excluding hydrogens is 378 g/mol. The number of benzene rings is 2. The van der Waals surface area contributed by atoms with E-state index in [9.17, 15) is 4.79 Å². The van der Waals surface area contributed by atoms with Crippen LogP contribution in [0.25, 0.3) is 5.70 Å². The van der Waals surface area contributed by atoms with E-state index in [4.69, 9.17) is 10.00 Å². The third kappa shape index (κ3) is 5.66.